The minimum absolute atomic E-state index is 0.0943. The van der Waals surface area contributed by atoms with E-state index in [1.54, 1.807) is 37.3 Å². The average molecular weight is 404 g/mol. The minimum atomic E-state index is -3.80. The highest BCUT2D eigenvalue weighted by Crippen LogP contribution is 2.33. The van der Waals surface area contributed by atoms with Gasteiger partial charge < -0.3 is 11.5 Å². The highest BCUT2D eigenvalue weighted by atomic mass is 35.5. The summed E-state index contributed by atoms with van der Waals surface area (Å²) in [7, 11) is -3.80. The van der Waals surface area contributed by atoms with E-state index in [-0.39, 0.29) is 23.2 Å². The fraction of sp³-hybridized carbons (Fsp3) is 0.111. The molecule has 0 aliphatic carbocycles. The smallest absolute Gasteiger partial charge is 0.264 e. The second kappa shape index (κ2) is 7.42. The quantitative estimate of drug-likeness (QED) is 0.502. The lowest BCUT2D eigenvalue weighted by Gasteiger charge is -2.23. The van der Waals surface area contributed by atoms with Crippen LogP contribution in [0, 0.1) is 0 Å². The van der Waals surface area contributed by atoms with Crippen LogP contribution in [0.15, 0.2) is 64.6 Å². The molecular formula is C18H18ClN5O2S. The number of guanidine groups is 1. The third-order valence-electron chi connectivity index (χ3n) is 3.94. The van der Waals surface area contributed by atoms with Crippen molar-refractivity contribution >= 4 is 49.9 Å². The second-order valence-corrected chi connectivity index (χ2v) is 7.95. The van der Waals surface area contributed by atoms with Crippen LogP contribution in [0.4, 0.5) is 11.5 Å². The average Bonchev–Trinajstić information content (AvgIpc) is 2.65. The Balaban J connectivity index is 2.20. The van der Waals surface area contributed by atoms with Crippen molar-refractivity contribution in [1.29, 1.82) is 0 Å². The molecule has 0 bridgehead atoms. The second-order valence-electron chi connectivity index (χ2n) is 5.68. The van der Waals surface area contributed by atoms with Crippen LogP contribution in [0.1, 0.15) is 6.92 Å². The number of aliphatic imine (C=N–C) groups is 1. The number of benzene rings is 2. The molecular weight excluding hydrogens is 386 g/mol. The van der Waals surface area contributed by atoms with Gasteiger partial charge in [-0.1, -0.05) is 35.9 Å². The summed E-state index contributed by atoms with van der Waals surface area (Å²) in [5.74, 6) is 0.0214. The van der Waals surface area contributed by atoms with Crippen molar-refractivity contribution in [2.75, 3.05) is 10.8 Å². The molecule has 7 nitrogen and oxygen atoms in total. The molecule has 0 saturated carbocycles. The molecule has 9 heteroatoms. The molecule has 0 amide bonds. The zero-order valence-electron chi connectivity index (χ0n) is 14.5. The molecule has 0 unspecified atom stereocenters. The predicted octanol–water partition coefficient (Wildman–Crippen LogP) is 3.01. The fourth-order valence-electron chi connectivity index (χ4n) is 2.76. The fourth-order valence-corrected chi connectivity index (χ4v) is 4.47. The van der Waals surface area contributed by atoms with E-state index in [0.29, 0.717) is 21.5 Å². The Bertz CT molecular complexity index is 1110. The molecule has 0 radical (unpaired) electrons. The summed E-state index contributed by atoms with van der Waals surface area (Å²) in [5.41, 5.74) is 11.5. The van der Waals surface area contributed by atoms with Crippen LogP contribution in [-0.2, 0) is 10.0 Å². The number of hydrogen-bond donors (Lipinski definition) is 2. The van der Waals surface area contributed by atoms with Crippen LogP contribution in [0.5, 0.6) is 0 Å². The Morgan fingerprint density at radius 1 is 1.15 bits per heavy atom. The molecule has 0 saturated heterocycles. The minimum Gasteiger partial charge on any atom is -0.370 e. The lowest BCUT2D eigenvalue weighted by Crippen LogP contribution is -2.30. The number of nitrogens with two attached hydrogens (primary N) is 2. The van der Waals surface area contributed by atoms with E-state index in [1.807, 2.05) is 6.07 Å². The molecule has 3 aromatic rings. The summed E-state index contributed by atoms with van der Waals surface area (Å²) in [5, 5.41) is 1.42. The summed E-state index contributed by atoms with van der Waals surface area (Å²) in [6.07, 6.45) is 1.42. The number of para-hydroxylation sites is 1. The van der Waals surface area contributed by atoms with Crippen LogP contribution in [0.3, 0.4) is 0 Å². The lowest BCUT2D eigenvalue weighted by molar-refractivity contribution is 0.592. The molecule has 0 aliphatic heterocycles. The monoisotopic (exact) mass is 403 g/mol. The topological polar surface area (TPSA) is 115 Å². The molecule has 140 valence electrons. The Labute approximate surface area is 162 Å². The number of fused-ring (bicyclic) bond motifs is 1. The maximum atomic E-state index is 13.2. The van der Waals surface area contributed by atoms with Crippen molar-refractivity contribution in [3.8, 4) is 0 Å². The van der Waals surface area contributed by atoms with Crippen LogP contribution in [-0.4, -0.2) is 25.9 Å². The van der Waals surface area contributed by atoms with E-state index in [9.17, 15) is 8.42 Å². The van der Waals surface area contributed by atoms with E-state index >= 15 is 0 Å². The van der Waals surface area contributed by atoms with Crippen LogP contribution in [0.2, 0.25) is 5.02 Å². The zero-order valence-corrected chi connectivity index (χ0v) is 16.1. The maximum absolute atomic E-state index is 13.2. The van der Waals surface area contributed by atoms with Crippen molar-refractivity contribution < 1.29 is 8.42 Å². The molecule has 0 fully saturated rings. The molecule has 0 spiro atoms. The molecule has 27 heavy (non-hydrogen) atoms. The van der Waals surface area contributed by atoms with Gasteiger partial charge in [0.15, 0.2) is 11.8 Å². The molecule has 1 heterocycles. The Hall–Kier alpha value is -2.84. The normalized spacial score (nSPS) is 11.3. The number of anilines is 1. The SMILES string of the molecule is CCN(c1ccccc1)S(=O)(=O)c1ccc2c(Cl)cnc(N=C(N)N)c2c1. The molecule has 1 aromatic heterocycles. The first-order valence-electron chi connectivity index (χ1n) is 8.10. The highest BCUT2D eigenvalue weighted by molar-refractivity contribution is 7.92. The summed E-state index contributed by atoms with van der Waals surface area (Å²) in [6.45, 7) is 2.05. The molecule has 2 aromatic carbocycles. The van der Waals surface area contributed by atoms with E-state index in [2.05, 4.69) is 9.98 Å². The van der Waals surface area contributed by atoms with Gasteiger partial charge in [-0.15, -0.1) is 0 Å². The predicted molar refractivity (Wildman–Crippen MR) is 109 cm³/mol. The molecule has 4 N–H and O–H groups in total. The largest absolute Gasteiger partial charge is 0.370 e. The van der Waals surface area contributed by atoms with Gasteiger partial charge in [-0.3, -0.25) is 4.31 Å². The Kier molecular flexibility index (Phi) is 5.20. The number of rotatable bonds is 5. The number of pyridine rings is 1. The lowest BCUT2D eigenvalue weighted by atomic mass is 10.1. The Morgan fingerprint density at radius 2 is 1.85 bits per heavy atom. The van der Waals surface area contributed by atoms with Gasteiger partial charge >= 0.3 is 0 Å². The van der Waals surface area contributed by atoms with Crippen molar-refractivity contribution in [3.63, 3.8) is 0 Å². The summed E-state index contributed by atoms with van der Waals surface area (Å²) in [4.78, 5) is 8.17. The van der Waals surface area contributed by atoms with Crippen molar-refractivity contribution in [2.24, 2.45) is 16.5 Å². The summed E-state index contributed by atoms with van der Waals surface area (Å²) >= 11 is 6.18. The van der Waals surface area contributed by atoms with Gasteiger partial charge in [0.25, 0.3) is 10.0 Å². The van der Waals surface area contributed by atoms with Crippen LogP contribution >= 0.6 is 11.6 Å². The molecule has 0 atom stereocenters. The zero-order chi connectivity index (χ0) is 19.6. The van der Waals surface area contributed by atoms with E-state index < -0.39 is 10.0 Å². The van der Waals surface area contributed by atoms with Crippen molar-refractivity contribution in [3.05, 3.63) is 59.8 Å². The number of sulfonamides is 1. The van der Waals surface area contributed by atoms with Gasteiger partial charge in [0.1, 0.15) is 0 Å². The maximum Gasteiger partial charge on any atom is 0.264 e. The van der Waals surface area contributed by atoms with E-state index in [4.69, 9.17) is 23.1 Å². The first-order valence-corrected chi connectivity index (χ1v) is 9.92. The van der Waals surface area contributed by atoms with Gasteiger partial charge in [-0.25, -0.2) is 13.4 Å². The van der Waals surface area contributed by atoms with Crippen molar-refractivity contribution in [1.82, 2.24) is 4.98 Å². The highest BCUT2D eigenvalue weighted by Gasteiger charge is 2.24. The van der Waals surface area contributed by atoms with E-state index in [0.717, 1.165) is 0 Å². The summed E-state index contributed by atoms with van der Waals surface area (Å²) in [6, 6.07) is 13.5. The van der Waals surface area contributed by atoms with E-state index in [1.165, 1.54) is 22.6 Å². The number of nitrogens with zero attached hydrogens (tertiary/aromatic N) is 3. The third-order valence-corrected chi connectivity index (χ3v) is 6.14. The van der Waals surface area contributed by atoms with Crippen LogP contribution < -0.4 is 15.8 Å². The first kappa shape index (κ1) is 18.9. The van der Waals surface area contributed by atoms with Gasteiger partial charge in [-0.05, 0) is 31.2 Å². The number of hydrogen-bond acceptors (Lipinski definition) is 4. The molecule has 0 aliphatic rings. The third kappa shape index (κ3) is 3.67. The first-order chi connectivity index (χ1) is 12.8. The number of aromatic nitrogens is 1. The van der Waals surface area contributed by atoms with Gasteiger partial charge in [0.2, 0.25) is 0 Å². The molecule has 3 rings (SSSR count). The van der Waals surface area contributed by atoms with Crippen LogP contribution in [0.25, 0.3) is 10.8 Å². The Morgan fingerprint density at radius 3 is 2.48 bits per heavy atom. The van der Waals surface area contributed by atoms with Gasteiger partial charge in [-0.2, -0.15) is 4.99 Å². The summed E-state index contributed by atoms with van der Waals surface area (Å²) < 4.78 is 27.8. The standard InChI is InChI=1S/C18H18ClN5O2S/c1-2-24(12-6-4-3-5-7-12)27(25,26)13-8-9-14-15(10-13)17(23-18(20)21)22-11-16(14)19/h3-11H,2H2,1H3,(H4,20,21,22,23). The van der Waals surface area contributed by atoms with Gasteiger partial charge in [0.05, 0.1) is 15.6 Å². The number of halogens is 1. The van der Waals surface area contributed by atoms with Crippen molar-refractivity contribution in [2.45, 2.75) is 11.8 Å². The van der Waals surface area contributed by atoms with Gasteiger partial charge in [0, 0.05) is 23.5 Å².